The molecule has 1 amide bonds. The molecule has 6 heteroatoms. The van der Waals surface area contributed by atoms with Crippen molar-refractivity contribution < 1.29 is 19.2 Å². The number of aliphatic carboxylic acids is 1. The lowest BCUT2D eigenvalue weighted by Gasteiger charge is -2.20. The third-order valence-electron chi connectivity index (χ3n) is 2.16. The van der Waals surface area contributed by atoms with E-state index in [4.69, 9.17) is 9.63 Å². The molecule has 0 saturated heterocycles. The first-order valence-corrected chi connectivity index (χ1v) is 5.23. The fraction of sp³-hybridized carbons (Fsp3) is 0.545. The van der Waals surface area contributed by atoms with E-state index in [1.54, 1.807) is 26.8 Å². The van der Waals surface area contributed by atoms with Crippen LogP contribution in [0.4, 0.5) is 5.88 Å². The number of anilines is 1. The number of hydrogen-bond acceptors (Lipinski definition) is 4. The highest BCUT2D eigenvalue weighted by atomic mass is 16.5. The van der Waals surface area contributed by atoms with Gasteiger partial charge in [-0.3, -0.25) is 14.9 Å². The van der Waals surface area contributed by atoms with E-state index in [0.29, 0.717) is 5.69 Å². The Morgan fingerprint density at radius 3 is 2.59 bits per heavy atom. The molecule has 0 aliphatic heterocycles. The molecule has 1 heterocycles. The molecule has 1 aromatic rings. The number of aromatic nitrogens is 1. The number of rotatable bonds is 5. The van der Waals surface area contributed by atoms with Gasteiger partial charge in [-0.2, -0.15) is 0 Å². The minimum atomic E-state index is -0.918. The molecule has 0 aromatic carbocycles. The Bertz CT molecular complexity index is 423. The average molecular weight is 240 g/mol. The number of carbonyl (C=O) groups is 2. The minimum absolute atomic E-state index is 0.0597. The summed E-state index contributed by atoms with van der Waals surface area (Å²) >= 11 is 0. The first-order chi connectivity index (χ1) is 7.78. The van der Waals surface area contributed by atoms with E-state index in [-0.39, 0.29) is 24.6 Å². The Kier molecular flexibility index (Phi) is 3.88. The maximum atomic E-state index is 11.6. The van der Waals surface area contributed by atoms with Crippen LogP contribution in [0, 0.1) is 12.3 Å². The molecular formula is C11H16N2O4. The lowest BCUT2D eigenvalue weighted by atomic mass is 9.85. The van der Waals surface area contributed by atoms with Gasteiger partial charge < -0.3 is 9.63 Å². The van der Waals surface area contributed by atoms with Crippen molar-refractivity contribution >= 4 is 17.8 Å². The first-order valence-electron chi connectivity index (χ1n) is 5.23. The highest BCUT2D eigenvalue weighted by Crippen LogP contribution is 2.25. The fourth-order valence-corrected chi connectivity index (χ4v) is 1.51. The Balaban J connectivity index is 2.52. The SMILES string of the molecule is Cc1cc(NC(=O)CC(C)(C)CC(=O)O)on1. The number of nitrogens with one attached hydrogen (secondary N) is 1. The molecule has 1 rings (SSSR count). The van der Waals surface area contributed by atoms with Gasteiger partial charge in [0.2, 0.25) is 11.8 Å². The predicted octanol–water partition coefficient (Wildman–Crippen LogP) is 1.81. The molecule has 94 valence electrons. The molecule has 0 bridgehead atoms. The summed E-state index contributed by atoms with van der Waals surface area (Å²) in [5.41, 5.74) is 0.0791. The van der Waals surface area contributed by atoms with Crippen LogP contribution in [-0.4, -0.2) is 22.1 Å². The van der Waals surface area contributed by atoms with Gasteiger partial charge in [-0.15, -0.1) is 0 Å². The van der Waals surface area contributed by atoms with Crippen LogP contribution in [0.1, 0.15) is 32.4 Å². The zero-order chi connectivity index (χ0) is 13.1. The Hall–Kier alpha value is -1.85. The van der Waals surface area contributed by atoms with Gasteiger partial charge >= 0.3 is 5.97 Å². The number of aryl methyl sites for hydroxylation is 1. The molecular weight excluding hydrogens is 224 g/mol. The quantitative estimate of drug-likeness (QED) is 0.818. The minimum Gasteiger partial charge on any atom is -0.481 e. The maximum absolute atomic E-state index is 11.6. The number of carboxylic acids is 1. The molecule has 17 heavy (non-hydrogen) atoms. The molecule has 6 nitrogen and oxygen atoms in total. The summed E-state index contributed by atoms with van der Waals surface area (Å²) in [6, 6.07) is 1.60. The second-order valence-electron chi connectivity index (χ2n) is 4.79. The van der Waals surface area contributed by atoms with Crippen LogP contribution >= 0.6 is 0 Å². The summed E-state index contributed by atoms with van der Waals surface area (Å²) in [5, 5.41) is 14.9. The number of carboxylic acid groups (broad SMARTS) is 1. The topological polar surface area (TPSA) is 92.4 Å². The van der Waals surface area contributed by atoms with Crippen LogP contribution in [-0.2, 0) is 9.59 Å². The third kappa shape index (κ3) is 4.67. The molecule has 0 aliphatic carbocycles. The van der Waals surface area contributed by atoms with Gasteiger partial charge in [0.25, 0.3) is 0 Å². The van der Waals surface area contributed by atoms with Crippen LogP contribution in [0.2, 0.25) is 0 Å². The van der Waals surface area contributed by atoms with E-state index in [2.05, 4.69) is 10.5 Å². The van der Waals surface area contributed by atoms with Gasteiger partial charge in [0, 0.05) is 12.5 Å². The fourth-order valence-electron chi connectivity index (χ4n) is 1.51. The van der Waals surface area contributed by atoms with Crippen molar-refractivity contribution in [3.05, 3.63) is 11.8 Å². The van der Waals surface area contributed by atoms with E-state index >= 15 is 0 Å². The van der Waals surface area contributed by atoms with Gasteiger partial charge in [0.1, 0.15) is 0 Å². The van der Waals surface area contributed by atoms with E-state index < -0.39 is 11.4 Å². The van der Waals surface area contributed by atoms with Crippen molar-refractivity contribution in [3.63, 3.8) is 0 Å². The maximum Gasteiger partial charge on any atom is 0.303 e. The number of nitrogens with zero attached hydrogens (tertiary/aromatic N) is 1. The Morgan fingerprint density at radius 2 is 2.12 bits per heavy atom. The second kappa shape index (κ2) is 4.99. The monoisotopic (exact) mass is 240 g/mol. The van der Waals surface area contributed by atoms with E-state index in [9.17, 15) is 9.59 Å². The highest BCUT2D eigenvalue weighted by Gasteiger charge is 2.25. The van der Waals surface area contributed by atoms with Crippen molar-refractivity contribution in [2.45, 2.75) is 33.6 Å². The molecule has 0 aliphatic rings. The molecule has 2 N–H and O–H groups in total. The standard InChI is InChI=1S/C11H16N2O4/c1-7-4-9(17-13-7)12-8(14)5-11(2,3)6-10(15)16/h4H,5-6H2,1-3H3,(H,12,14)(H,15,16). The molecule has 0 spiro atoms. The summed E-state index contributed by atoms with van der Waals surface area (Å²) < 4.78 is 4.83. The van der Waals surface area contributed by atoms with Crippen molar-refractivity contribution in [2.75, 3.05) is 5.32 Å². The lowest BCUT2D eigenvalue weighted by molar-refractivity contribution is -0.139. The van der Waals surface area contributed by atoms with Crippen molar-refractivity contribution in [2.24, 2.45) is 5.41 Å². The average Bonchev–Trinajstić information content (AvgIpc) is 2.46. The van der Waals surface area contributed by atoms with Crippen molar-refractivity contribution in [1.82, 2.24) is 5.16 Å². The van der Waals surface area contributed by atoms with Crippen LogP contribution in [0.15, 0.2) is 10.6 Å². The lowest BCUT2D eigenvalue weighted by Crippen LogP contribution is -2.24. The largest absolute Gasteiger partial charge is 0.481 e. The predicted molar refractivity (Wildman–Crippen MR) is 60.5 cm³/mol. The van der Waals surface area contributed by atoms with Crippen LogP contribution in [0.25, 0.3) is 0 Å². The smallest absolute Gasteiger partial charge is 0.303 e. The zero-order valence-electron chi connectivity index (χ0n) is 10.1. The summed E-state index contributed by atoms with van der Waals surface area (Å²) in [7, 11) is 0. The van der Waals surface area contributed by atoms with Crippen LogP contribution < -0.4 is 5.32 Å². The highest BCUT2D eigenvalue weighted by molar-refractivity contribution is 5.90. The molecule has 0 radical (unpaired) electrons. The summed E-state index contributed by atoms with van der Waals surface area (Å²) in [4.78, 5) is 22.2. The Morgan fingerprint density at radius 1 is 1.47 bits per heavy atom. The summed E-state index contributed by atoms with van der Waals surface area (Å²) in [6.07, 6.45) is 0.0505. The van der Waals surface area contributed by atoms with E-state index in [0.717, 1.165) is 0 Å². The van der Waals surface area contributed by atoms with E-state index in [1.807, 2.05) is 0 Å². The summed E-state index contributed by atoms with van der Waals surface area (Å²) in [6.45, 7) is 5.20. The van der Waals surface area contributed by atoms with Gasteiger partial charge in [-0.1, -0.05) is 19.0 Å². The van der Waals surface area contributed by atoms with Gasteiger partial charge in [-0.05, 0) is 12.3 Å². The normalized spacial score (nSPS) is 11.2. The molecule has 0 saturated carbocycles. The summed E-state index contributed by atoms with van der Waals surface area (Å²) in [5.74, 6) is -0.927. The second-order valence-corrected chi connectivity index (χ2v) is 4.79. The first kappa shape index (κ1) is 13.2. The number of hydrogen-bond donors (Lipinski definition) is 2. The number of carbonyl (C=O) groups excluding carboxylic acids is 1. The van der Waals surface area contributed by atoms with Crippen molar-refractivity contribution in [1.29, 1.82) is 0 Å². The Labute approximate surface area is 99.0 Å². The molecule has 0 unspecified atom stereocenters. The molecule has 1 aromatic heterocycles. The van der Waals surface area contributed by atoms with Crippen molar-refractivity contribution in [3.8, 4) is 0 Å². The number of amides is 1. The van der Waals surface area contributed by atoms with Gasteiger partial charge in [-0.25, -0.2) is 0 Å². The molecule has 0 fully saturated rings. The van der Waals surface area contributed by atoms with E-state index in [1.165, 1.54) is 0 Å². The van der Waals surface area contributed by atoms with Gasteiger partial charge in [0.15, 0.2) is 0 Å². The molecule has 0 atom stereocenters. The van der Waals surface area contributed by atoms with Crippen LogP contribution in [0.3, 0.4) is 0 Å². The van der Waals surface area contributed by atoms with Gasteiger partial charge in [0.05, 0.1) is 12.1 Å². The zero-order valence-corrected chi connectivity index (χ0v) is 10.1. The van der Waals surface area contributed by atoms with Crippen LogP contribution in [0.5, 0.6) is 0 Å². The third-order valence-corrected chi connectivity index (χ3v) is 2.16.